The molecular formula is C20H21N3O2. The summed E-state index contributed by atoms with van der Waals surface area (Å²) in [5, 5.41) is 9.09. The highest BCUT2D eigenvalue weighted by atomic mass is 16.5. The second-order valence-electron chi connectivity index (χ2n) is 6.24. The Morgan fingerprint density at radius 3 is 2.80 bits per heavy atom. The first-order valence-corrected chi connectivity index (χ1v) is 8.29. The van der Waals surface area contributed by atoms with Gasteiger partial charge in [-0.25, -0.2) is 0 Å². The Morgan fingerprint density at radius 2 is 2.24 bits per heavy atom. The summed E-state index contributed by atoms with van der Waals surface area (Å²) in [4.78, 5) is 14.0. The zero-order chi connectivity index (χ0) is 17.8. The van der Waals surface area contributed by atoms with E-state index in [1.165, 1.54) is 11.6 Å². The molecule has 0 saturated carbocycles. The molecule has 3 rings (SSSR count). The van der Waals surface area contributed by atoms with Gasteiger partial charge in [0, 0.05) is 31.5 Å². The van der Waals surface area contributed by atoms with E-state index in [1.54, 1.807) is 15.5 Å². The van der Waals surface area contributed by atoms with Gasteiger partial charge in [0.05, 0.1) is 13.2 Å². The SMILES string of the molecule is C=CC(=O)N(Cc1cc(C#N)n(C)c1)c1ccc(C2CCOC2)cc1. The average molecular weight is 335 g/mol. The van der Waals surface area contributed by atoms with E-state index in [0.717, 1.165) is 30.9 Å². The maximum Gasteiger partial charge on any atom is 0.250 e. The van der Waals surface area contributed by atoms with Crippen LogP contribution in [0.2, 0.25) is 0 Å². The van der Waals surface area contributed by atoms with Gasteiger partial charge in [0.25, 0.3) is 5.91 Å². The molecule has 0 spiro atoms. The van der Waals surface area contributed by atoms with Crippen molar-refractivity contribution in [3.05, 3.63) is 66.0 Å². The van der Waals surface area contributed by atoms with Crippen molar-refractivity contribution >= 4 is 11.6 Å². The molecule has 0 aliphatic carbocycles. The summed E-state index contributed by atoms with van der Waals surface area (Å²) in [5.74, 6) is 0.268. The topological polar surface area (TPSA) is 58.3 Å². The number of hydrogen-bond donors (Lipinski definition) is 0. The van der Waals surface area contributed by atoms with E-state index in [9.17, 15) is 4.79 Å². The zero-order valence-corrected chi connectivity index (χ0v) is 14.3. The minimum atomic E-state index is -0.167. The van der Waals surface area contributed by atoms with Crippen LogP contribution in [0.3, 0.4) is 0 Å². The summed E-state index contributed by atoms with van der Waals surface area (Å²) in [5.41, 5.74) is 3.52. The standard InChI is InChI=1S/C20H21N3O2/c1-3-20(24)23(13-15-10-19(11-21)22(2)12-15)18-6-4-16(5-7-18)17-8-9-25-14-17/h3-7,10,12,17H,1,8-9,13-14H2,2H3. The number of ether oxygens (including phenoxy) is 1. The lowest BCUT2D eigenvalue weighted by Gasteiger charge is -2.21. The van der Waals surface area contributed by atoms with Crippen LogP contribution in [-0.2, 0) is 23.1 Å². The Balaban J connectivity index is 1.83. The summed E-state index contributed by atoms with van der Waals surface area (Å²) in [6, 6.07) is 12.0. The molecule has 1 atom stereocenters. The molecule has 0 N–H and O–H groups in total. The number of benzene rings is 1. The number of aromatic nitrogens is 1. The predicted octanol–water partition coefficient (Wildman–Crippen LogP) is 3.12. The summed E-state index contributed by atoms with van der Waals surface area (Å²) >= 11 is 0. The number of rotatable bonds is 5. The molecule has 0 radical (unpaired) electrons. The Kier molecular flexibility index (Phi) is 5.01. The Morgan fingerprint density at radius 1 is 1.48 bits per heavy atom. The van der Waals surface area contributed by atoms with Gasteiger partial charge in [0.1, 0.15) is 11.8 Å². The van der Waals surface area contributed by atoms with Crippen molar-refractivity contribution in [2.75, 3.05) is 18.1 Å². The molecule has 1 aromatic heterocycles. The van der Waals surface area contributed by atoms with Crippen LogP contribution in [0, 0.1) is 11.3 Å². The monoisotopic (exact) mass is 335 g/mol. The smallest absolute Gasteiger partial charge is 0.250 e. The van der Waals surface area contributed by atoms with Crippen molar-refractivity contribution in [2.24, 2.45) is 7.05 Å². The largest absolute Gasteiger partial charge is 0.381 e. The van der Waals surface area contributed by atoms with Gasteiger partial charge in [-0.05, 0) is 41.8 Å². The van der Waals surface area contributed by atoms with Gasteiger partial charge in [0.2, 0.25) is 0 Å². The van der Waals surface area contributed by atoms with Gasteiger partial charge in [-0.3, -0.25) is 4.79 Å². The predicted molar refractivity (Wildman–Crippen MR) is 96.1 cm³/mol. The molecule has 1 aliphatic rings. The van der Waals surface area contributed by atoms with E-state index < -0.39 is 0 Å². The molecule has 1 unspecified atom stereocenters. The van der Waals surface area contributed by atoms with E-state index in [1.807, 2.05) is 25.4 Å². The molecule has 1 saturated heterocycles. The van der Waals surface area contributed by atoms with Crippen LogP contribution in [0.1, 0.15) is 29.2 Å². The lowest BCUT2D eigenvalue weighted by Crippen LogP contribution is -2.28. The van der Waals surface area contributed by atoms with Crippen molar-refractivity contribution in [1.82, 2.24) is 4.57 Å². The Bertz CT molecular complexity index is 808. The highest BCUT2D eigenvalue weighted by molar-refractivity contribution is 6.00. The lowest BCUT2D eigenvalue weighted by atomic mass is 9.98. The molecule has 128 valence electrons. The molecule has 2 heterocycles. The second-order valence-corrected chi connectivity index (χ2v) is 6.24. The lowest BCUT2D eigenvalue weighted by molar-refractivity contribution is -0.114. The number of carbonyl (C=O) groups is 1. The first-order chi connectivity index (χ1) is 12.1. The molecule has 25 heavy (non-hydrogen) atoms. The van der Waals surface area contributed by atoms with Crippen molar-refractivity contribution in [2.45, 2.75) is 18.9 Å². The summed E-state index contributed by atoms with van der Waals surface area (Å²) in [6.45, 7) is 5.57. The van der Waals surface area contributed by atoms with E-state index in [0.29, 0.717) is 18.2 Å². The third-order valence-corrected chi connectivity index (χ3v) is 4.56. The average Bonchev–Trinajstić information content (AvgIpc) is 3.29. The number of nitriles is 1. The number of anilines is 1. The van der Waals surface area contributed by atoms with Gasteiger partial charge in [-0.2, -0.15) is 5.26 Å². The molecule has 1 aliphatic heterocycles. The molecule has 1 fully saturated rings. The van der Waals surface area contributed by atoms with Gasteiger partial charge in [-0.15, -0.1) is 0 Å². The minimum absolute atomic E-state index is 0.167. The number of amides is 1. The van der Waals surface area contributed by atoms with Crippen LogP contribution >= 0.6 is 0 Å². The molecule has 1 aromatic carbocycles. The zero-order valence-electron chi connectivity index (χ0n) is 14.3. The van der Waals surface area contributed by atoms with Gasteiger partial charge in [0.15, 0.2) is 0 Å². The van der Waals surface area contributed by atoms with Crippen molar-refractivity contribution < 1.29 is 9.53 Å². The fourth-order valence-electron chi connectivity index (χ4n) is 3.14. The maximum atomic E-state index is 12.3. The van der Waals surface area contributed by atoms with E-state index in [4.69, 9.17) is 10.00 Å². The summed E-state index contributed by atoms with van der Waals surface area (Å²) < 4.78 is 7.20. The van der Waals surface area contributed by atoms with Crippen LogP contribution in [0.25, 0.3) is 0 Å². The van der Waals surface area contributed by atoms with Crippen LogP contribution in [0.5, 0.6) is 0 Å². The number of nitrogens with zero attached hydrogens (tertiary/aromatic N) is 3. The number of aryl methyl sites for hydroxylation is 1. The fourth-order valence-corrected chi connectivity index (χ4v) is 3.14. The molecule has 0 bridgehead atoms. The normalized spacial score (nSPS) is 16.4. The van der Waals surface area contributed by atoms with Gasteiger partial charge >= 0.3 is 0 Å². The first kappa shape index (κ1) is 17.0. The molecule has 1 amide bonds. The van der Waals surface area contributed by atoms with E-state index >= 15 is 0 Å². The number of carbonyl (C=O) groups excluding carboxylic acids is 1. The summed E-state index contributed by atoms with van der Waals surface area (Å²) in [6.07, 6.45) is 4.22. The number of hydrogen-bond acceptors (Lipinski definition) is 3. The third-order valence-electron chi connectivity index (χ3n) is 4.56. The highest BCUT2D eigenvalue weighted by Gasteiger charge is 2.19. The summed E-state index contributed by atoms with van der Waals surface area (Å²) in [7, 11) is 1.82. The van der Waals surface area contributed by atoms with Crippen molar-refractivity contribution in [1.29, 1.82) is 5.26 Å². The highest BCUT2D eigenvalue weighted by Crippen LogP contribution is 2.27. The third kappa shape index (κ3) is 3.65. The maximum absolute atomic E-state index is 12.3. The first-order valence-electron chi connectivity index (χ1n) is 8.29. The van der Waals surface area contributed by atoms with E-state index in [2.05, 4.69) is 24.8 Å². The molecular weight excluding hydrogens is 314 g/mol. The Labute approximate surface area is 147 Å². The molecule has 2 aromatic rings. The van der Waals surface area contributed by atoms with Crippen LogP contribution in [0.4, 0.5) is 5.69 Å². The van der Waals surface area contributed by atoms with Crippen molar-refractivity contribution in [3.8, 4) is 6.07 Å². The Hall–Kier alpha value is -2.84. The van der Waals surface area contributed by atoms with E-state index in [-0.39, 0.29) is 5.91 Å². The second kappa shape index (κ2) is 7.37. The molecule has 5 nitrogen and oxygen atoms in total. The van der Waals surface area contributed by atoms with Crippen LogP contribution < -0.4 is 4.90 Å². The van der Waals surface area contributed by atoms with Crippen molar-refractivity contribution in [3.63, 3.8) is 0 Å². The fraction of sp³-hybridized carbons (Fsp3) is 0.300. The van der Waals surface area contributed by atoms with Gasteiger partial charge < -0.3 is 14.2 Å². The van der Waals surface area contributed by atoms with Gasteiger partial charge in [-0.1, -0.05) is 18.7 Å². The minimum Gasteiger partial charge on any atom is -0.381 e. The van der Waals surface area contributed by atoms with Crippen LogP contribution in [0.15, 0.2) is 49.2 Å². The quantitative estimate of drug-likeness (QED) is 0.789. The molecule has 5 heteroatoms. The van der Waals surface area contributed by atoms with Crippen LogP contribution in [-0.4, -0.2) is 23.7 Å².